The third kappa shape index (κ3) is 3.48. The highest BCUT2D eigenvalue weighted by Crippen LogP contribution is 2.16. The third-order valence-electron chi connectivity index (χ3n) is 2.15. The lowest BCUT2D eigenvalue weighted by atomic mass is 10.1. The van der Waals surface area contributed by atoms with E-state index in [2.05, 4.69) is 6.92 Å². The molecule has 14 heavy (non-hydrogen) atoms. The van der Waals surface area contributed by atoms with E-state index < -0.39 is 0 Å². The summed E-state index contributed by atoms with van der Waals surface area (Å²) < 4.78 is 5.57. The van der Waals surface area contributed by atoms with Gasteiger partial charge in [0.05, 0.1) is 6.61 Å². The van der Waals surface area contributed by atoms with Gasteiger partial charge in [0.1, 0.15) is 6.10 Å². The van der Waals surface area contributed by atoms with Crippen molar-refractivity contribution in [2.45, 2.75) is 25.9 Å². The van der Waals surface area contributed by atoms with E-state index in [0.29, 0.717) is 0 Å². The maximum Gasteiger partial charge on any atom is 0.105 e. The Morgan fingerprint density at radius 3 is 2.57 bits per heavy atom. The molecule has 1 atom stereocenters. The third-order valence-corrected chi connectivity index (χ3v) is 2.15. The number of benzene rings is 1. The van der Waals surface area contributed by atoms with E-state index in [1.807, 2.05) is 30.3 Å². The second kappa shape index (κ2) is 6.57. The Hall–Kier alpha value is -0.860. The molecular formula is C12H18O2. The summed E-state index contributed by atoms with van der Waals surface area (Å²) in [5.74, 6) is 0. The molecular weight excluding hydrogens is 176 g/mol. The fourth-order valence-electron chi connectivity index (χ4n) is 1.29. The van der Waals surface area contributed by atoms with Crippen molar-refractivity contribution in [1.29, 1.82) is 0 Å². The van der Waals surface area contributed by atoms with Gasteiger partial charge in [0.2, 0.25) is 0 Å². The standard InChI is InChI=1S/C12H18O2/c1-2-3-9-14-12(10-13)11-7-5-4-6-8-11/h4-8,12-13H,2-3,9-10H2,1H3/t12-/m1/s1. The second-order valence-corrected chi connectivity index (χ2v) is 3.31. The minimum Gasteiger partial charge on any atom is -0.393 e. The zero-order valence-corrected chi connectivity index (χ0v) is 8.65. The predicted octanol–water partition coefficient (Wildman–Crippen LogP) is 2.54. The SMILES string of the molecule is CCCCO[C@H](CO)c1ccccc1. The normalized spacial score (nSPS) is 12.7. The monoisotopic (exact) mass is 194 g/mol. The lowest BCUT2D eigenvalue weighted by Gasteiger charge is -2.15. The van der Waals surface area contributed by atoms with Crippen molar-refractivity contribution < 1.29 is 9.84 Å². The van der Waals surface area contributed by atoms with Crippen LogP contribution in [0.15, 0.2) is 30.3 Å². The summed E-state index contributed by atoms with van der Waals surface area (Å²) >= 11 is 0. The Morgan fingerprint density at radius 2 is 2.00 bits per heavy atom. The zero-order valence-electron chi connectivity index (χ0n) is 8.65. The number of hydrogen-bond acceptors (Lipinski definition) is 2. The molecule has 1 aromatic carbocycles. The van der Waals surface area contributed by atoms with Crippen LogP contribution >= 0.6 is 0 Å². The van der Waals surface area contributed by atoms with Gasteiger partial charge in [0.25, 0.3) is 0 Å². The van der Waals surface area contributed by atoms with Crippen molar-refractivity contribution >= 4 is 0 Å². The number of ether oxygens (including phenoxy) is 1. The van der Waals surface area contributed by atoms with Crippen LogP contribution in [-0.4, -0.2) is 18.3 Å². The van der Waals surface area contributed by atoms with Crippen LogP contribution in [0.25, 0.3) is 0 Å². The minimum absolute atomic E-state index is 0.0493. The first kappa shape index (κ1) is 11.2. The molecule has 0 radical (unpaired) electrons. The van der Waals surface area contributed by atoms with Crippen molar-refractivity contribution in [2.75, 3.05) is 13.2 Å². The lowest BCUT2D eigenvalue weighted by Crippen LogP contribution is -2.09. The average molecular weight is 194 g/mol. The second-order valence-electron chi connectivity index (χ2n) is 3.31. The van der Waals surface area contributed by atoms with Crippen LogP contribution in [0.5, 0.6) is 0 Å². The maximum absolute atomic E-state index is 9.15. The van der Waals surface area contributed by atoms with Gasteiger partial charge in [-0.15, -0.1) is 0 Å². The van der Waals surface area contributed by atoms with Gasteiger partial charge in [-0.05, 0) is 12.0 Å². The van der Waals surface area contributed by atoms with E-state index in [1.54, 1.807) is 0 Å². The lowest BCUT2D eigenvalue weighted by molar-refractivity contribution is 0.0104. The van der Waals surface area contributed by atoms with Gasteiger partial charge in [-0.25, -0.2) is 0 Å². The van der Waals surface area contributed by atoms with Crippen LogP contribution in [0.3, 0.4) is 0 Å². The van der Waals surface area contributed by atoms with Gasteiger partial charge in [-0.2, -0.15) is 0 Å². The molecule has 1 rings (SSSR count). The summed E-state index contributed by atoms with van der Waals surface area (Å²) in [5.41, 5.74) is 1.05. The summed E-state index contributed by atoms with van der Waals surface area (Å²) in [4.78, 5) is 0. The van der Waals surface area contributed by atoms with E-state index in [-0.39, 0.29) is 12.7 Å². The molecule has 1 aromatic rings. The van der Waals surface area contributed by atoms with Gasteiger partial charge >= 0.3 is 0 Å². The van der Waals surface area contributed by atoms with E-state index >= 15 is 0 Å². The fourth-order valence-corrected chi connectivity index (χ4v) is 1.29. The molecule has 0 heterocycles. The first-order valence-electron chi connectivity index (χ1n) is 5.16. The topological polar surface area (TPSA) is 29.5 Å². The molecule has 78 valence electrons. The molecule has 1 N–H and O–H groups in total. The van der Waals surface area contributed by atoms with E-state index in [4.69, 9.17) is 9.84 Å². The van der Waals surface area contributed by atoms with Crippen LogP contribution in [0.4, 0.5) is 0 Å². The Balaban J connectivity index is 2.46. The summed E-state index contributed by atoms with van der Waals surface area (Å²) in [6.07, 6.45) is 2.00. The van der Waals surface area contributed by atoms with Gasteiger partial charge in [0.15, 0.2) is 0 Å². The first-order chi connectivity index (χ1) is 6.88. The smallest absolute Gasteiger partial charge is 0.105 e. The molecule has 0 spiro atoms. The van der Waals surface area contributed by atoms with E-state index in [1.165, 1.54) is 0 Å². The molecule has 0 aliphatic heterocycles. The van der Waals surface area contributed by atoms with Crippen molar-refractivity contribution in [3.8, 4) is 0 Å². The molecule has 2 heteroatoms. The molecule has 0 saturated carbocycles. The fraction of sp³-hybridized carbons (Fsp3) is 0.500. The molecule has 0 saturated heterocycles. The Bertz CT molecular complexity index is 233. The Kier molecular flexibility index (Phi) is 5.27. The molecule has 0 bridgehead atoms. The van der Waals surface area contributed by atoms with Crippen molar-refractivity contribution in [3.63, 3.8) is 0 Å². The van der Waals surface area contributed by atoms with Crippen molar-refractivity contribution in [3.05, 3.63) is 35.9 Å². The first-order valence-corrected chi connectivity index (χ1v) is 5.16. The Labute approximate surface area is 85.5 Å². The van der Waals surface area contributed by atoms with Gasteiger partial charge in [-0.3, -0.25) is 0 Å². The number of unbranched alkanes of at least 4 members (excludes halogenated alkanes) is 1. The highest BCUT2D eigenvalue weighted by molar-refractivity contribution is 5.17. The summed E-state index contributed by atoms with van der Waals surface area (Å²) in [5, 5.41) is 9.15. The van der Waals surface area contributed by atoms with Crippen molar-refractivity contribution in [1.82, 2.24) is 0 Å². The number of rotatable bonds is 6. The number of hydrogen-bond donors (Lipinski definition) is 1. The molecule has 2 nitrogen and oxygen atoms in total. The van der Waals surface area contributed by atoms with Crippen LogP contribution in [0, 0.1) is 0 Å². The van der Waals surface area contributed by atoms with E-state index in [0.717, 1.165) is 25.0 Å². The highest BCUT2D eigenvalue weighted by atomic mass is 16.5. The highest BCUT2D eigenvalue weighted by Gasteiger charge is 2.08. The molecule has 0 aliphatic carbocycles. The number of aliphatic hydroxyl groups is 1. The summed E-state index contributed by atoms with van der Waals surface area (Å²) in [6.45, 7) is 2.89. The molecule has 0 unspecified atom stereocenters. The molecule has 0 fully saturated rings. The van der Waals surface area contributed by atoms with Crippen LogP contribution in [0.1, 0.15) is 31.4 Å². The Morgan fingerprint density at radius 1 is 1.29 bits per heavy atom. The summed E-state index contributed by atoms with van der Waals surface area (Å²) in [7, 11) is 0. The quantitative estimate of drug-likeness (QED) is 0.705. The molecule has 0 aliphatic rings. The van der Waals surface area contributed by atoms with Crippen LogP contribution < -0.4 is 0 Å². The van der Waals surface area contributed by atoms with Gasteiger partial charge in [-0.1, -0.05) is 43.7 Å². The summed E-state index contributed by atoms with van der Waals surface area (Å²) in [6, 6.07) is 9.84. The molecule has 0 aromatic heterocycles. The van der Waals surface area contributed by atoms with Crippen molar-refractivity contribution in [2.24, 2.45) is 0 Å². The van der Waals surface area contributed by atoms with Gasteiger partial charge < -0.3 is 9.84 Å². The minimum atomic E-state index is -0.164. The molecule has 0 amide bonds. The van der Waals surface area contributed by atoms with Crippen LogP contribution in [0.2, 0.25) is 0 Å². The van der Waals surface area contributed by atoms with Crippen LogP contribution in [-0.2, 0) is 4.74 Å². The van der Waals surface area contributed by atoms with Gasteiger partial charge in [0, 0.05) is 6.61 Å². The predicted molar refractivity (Wildman–Crippen MR) is 57.1 cm³/mol. The average Bonchev–Trinajstić information content (AvgIpc) is 2.26. The number of aliphatic hydroxyl groups excluding tert-OH is 1. The largest absolute Gasteiger partial charge is 0.393 e. The zero-order chi connectivity index (χ0) is 10.2. The van der Waals surface area contributed by atoms with E-state index in [9.17, 15) is 0 Å². The maximum atomic E-state index is 9.15.